The quantitative estimate of drug-likeness (QED) is 0.744. The second-order valence-electron chi connectivity index (χ2n) is 5.54. The van der Waals surface area contributed by atoms with Crippen LogP contribution < -0.4 is 15.6 Å². The molecule has 110 valence electrons. The number of benzene rings is 1. The number of hydrogen-bond acceptors (Lipinski definition) is 4. The summed E-state index contributed by atoms with van der Waals surface area (Å²) in [4.78, 5) is 18.0. The summed E-state index contributed by atoms with van der Waals surface area (Å²) >= 11 is 0. The molecule has 0 bridgehead atoms. The molecule has 0 spiro atoms. The van der Waals surface area contributed by atoms with Crippen LogP contribution in [0.3, 0.4) is 0 Å². The van der Waals surface area contributed by atoms with E-state index in [4.69, 9.17) is 4.42 Å². The Morgan fingerprint density at radius 3 is 2.91 bits per heavy atom. The molecule has 22 heavy (non-hydrogen) atoms. The van der Waals surface area contributed by atoms with Gasteiger partial charge in [-0.25, -0.2) is 4.98 Å². The summed E-state index contributed by atoms with van der Waals surface area (Å²) in [5.41, 5.74) is 2.37. The largest absolute Gasteiger partial charge is 0.421 e. The molecule has 1 aromatic carbocycles. The van der Waals surface area contributed by atoms with Crippen LogP contribution in [-0.4, -0.2) is 11.7 Å². The molecule has 0 aliphatic carbocycles. The SMILES string of the molecule is O=c1c2c(oc3ncccc13)NC[NH+](Cc1ccccc1)C2. The van der Waals surface area contributed by atoms with Crippen molar-refractivity contribution >= 4 is 17.0 Å². The average Bonchev–Trinajstić information content (AvgIpc) is 2.57. The van der Waals surface area contributed by atoms with Crippen molar-refractivity contribution in [2.24, 2.45) is 0 Å². The predicted molar refractivity (Wildman–Crippen MR) is 83.6 cm³/mol. The maximum Gasteiger partial charge on any atom is 0.232 e. The van der Waals surface area contributed by atoms with Gasteiger partial charge in [-0.3, -0.25) is 4.79 Å². The summed E-state index contributed by atoms with van der Waals surface area (Å²) in [5, 5.41) is 3.77. The third-order valence-electron chi connectivity index (χ3n) is 3.99. The molecule has 1 aliphatic heterocycles. The number of nitrogens with zero attached hydrogens (tertiary/aromatic N) is 1. The zero-order valence-electron chi connectivity index (χ0n) is 12.0. The molecule has 2 N–H and O–H groups in total. The lowest BCUT2D eigenvalue weighted by Crippen LogP contribution is -3.11. The van der Waals surface area contributed by atoms with Crippen molar-refractivity contribution in [2.45, 2.75) is 13.1 Å². The first-order chi connectivity index (χ1) is 10.8. The number of nitrogens with one attached hydrogen (secondary N) is 2. The fourth-order valence-electron chi connectivity index (χ4n) is 2.90. The highest BCUT2D eigenvalue weighted by atomic mass is 16.4. The average molecular weight is 294 g/mol. The number of aromatic nitrogens is 1. The smallest absolute Gasteiger partial charge is 0.232 e. The third kappa shape index (κ3) is 2.25. The van der Waals surface area contributed by atoms with E-state index in [2.05, 4.69) is 22.4 Å². The Bertz CT molecular complexity index is 874. The highest BCUT2D eigenvalue weighted by molar-refractivity contribution is 5.75. The van der Waals surface area contributed by atoms with Gasteiger partial charge in [0.2, 0.25) is 17.0 Å². The van der Waals surface area contributed by atoms with Gasteiger partial charge in [-0.2, -0.15) is 0 Å². The van der Waals surface area contributed by atoms with E-state index in [0.29, 0.717) is 29.1 Å². The van der Waals surface area contributed by atoms with Gasteiger partial charge in [0.1, 0.15) is 18.7 Å². The molecule has 2 aromatic heterocycles. The maximum absolute atomic E-state index is 12.6. The van der Waals surface area contributed by atoms with Crippen molar-refractivity contribution in [3.05, 3.63) is 70.0 Å². The summed E-state index contributed by atoms with van der Waals surface area (Å²) in [6, 6.07) is 13.8. The summed E-state index contributed by atoms with van der Waals surface area (Å²) < 4.78 is 5.73. The summed E-state index contributed by atoms with van der Waals surface area (Å²) in [6.07, 6.45) is 1.63. The normalized spacial score (nSPS) is 17.0. The Morgan fingerprint density at radius 2 is 2.05 bits per heavy atom. The number of hydrogen-bond donors (Lipinski definition) is 2. The Balaban J connectivity index is 1.68. The van der Waals surface area contributed by atoms with Crippen molar-refractivity contribution in [3.63, 3.8) is 0 Å². The van der Waals surface area contributed by atoms with Crippen molar-refractivity contribution in [3.8, 4) is 0 Å². The van der Waals surface area contributed by atoms with Crippen molar-refractivity contribution < 1.29 is 9.32 Å². The van der Waals surface area contributed by atoms with Gasteiger partial charge in [-0.15, -0.1) is 0 Å². The van der Waals surface area contributed by atoms with E-state index >= 15 is 0 Å². The van der Waals surface area contributed by atoms with Crippen LogP contribution in [-0.2, 0) is 13.1 Å². The van der Waals surface area contributed by atoms with Crippen molar-refractivity contribution in [1.29, 1.82) is 0 Å². The van der Waals surface area contributed by atoms with Gasteiger partial charge < -0.3 is 14.6 Å². The van der Waals surface area contributed by atoms with Crippen LogP contribution in [0.4, 0.5) is 5.88 Å². The van der Waals surface area contributed by atoms with Crippen LogP contribution >= 0.6 is 0 Å². The van der Waals surface area contributed by atoms with Gasteiger partial charge in [-0.05, 0) is 12.1 Å². The number of pyridine rings is 1. The second kappa shape index (κ2) is 5.27. The zero-order chi connectivity index (χ0) is 14.9. The van der Waals surface area contributed by atoms with E-state index in [0.717, 1.165) is 13.2 Å². The lowest BCUT2D eigenvalue weighted by atomic mass is 10.1. The van der Waals surface area contributed by atoms with E-state index in [1.165, 1.54) is 10.5 Å². The molecule has 5 nitrogen and oxygen atoms in total. The van der Waals surface area contributed by atoms with Crippen LogP contribution in [0.5, 0.6) is 0 Å². The van der Waals surface area contributed by atoms with E-state index in [1.807, 2.05) is 18.2 Å². The fourth-order valence-corrected chi connectivity index (χ4v) is 2.90. The van der Waals surface area contributed by atoms with Gasteiger partial charge in [0.15, 0.2) is 6.67 Å². The number of quaternary nitrogens is 1. The van der Waals surface area contributed by atoms with Crippen molar-refractivity contribution in [1.82, 2.24) is 4.98 Å². The molecular weight excluding hydrogens is 278 g/mol. The van der Waals surface area contributed by atoms with Crippen LogP contribution in [0.1, 0.15) is 11.1 Å². The minimum Gasteiger partial charge on any atom is -0.421 e. The maximum atomic E-state index is 12.6. The van der Waals surface area contributed by atoms with Crippen LogP contribution in [0, 0.1) is 0 Å². The molecule has 0 fully saturated rings. The van der Waals surface area contributed by atoms with Crippen molar-refractivity contribution in [2.75, 3.05) is 12.0 Å². The Labute approximate surface area is 127 Å². The second-order valence-corrected chi connectivity index (χ2v) is 5.54. The molecule has 3 aromatic rings. The Kier molecular flexibility index (Phi) is 3.12. The lowest BCUT2D eigenvalue weighted by molar-refractivity contribution is -0.926. The Morgan fingerprint density at radius 1 is 1.18 bits per heavy atom. The molecular formula is C17H16N3O2+. The molecule has 1 unspecified atom stereocenters. The topological polar surface area (TPSA) is 59.6 Å². The number of rotatable bonds is 2. The van der Waals surface area contributed by atoms with Crippen LogP contribution in [0.25, 0.3) is 11.1 Å². The highest BCUT2D eigenvalue weighted by Gasteiger charge is 2.25. The fraction of sp³-hybridized carbons (Fsp3) is 0.176. The molecule has 3 heterocycles. The van der Waals surface area contributed by atoms with Gasteiger partial charge in [0.25, 0.3) is 0 Å². The van der Waals surface area contributed by atoms with E-state index < -0.39 is 0 Å². The number of anilines is 1. The molecule has 0 radical (unpaired) electrons. The molecule has 4 rings (SSSR count). The number of fused-ring (bicyclic) bond motifs is 2. The Hall–Kier alpha value is -2.66. The molecule has 0 saturated heterocycles. The van der Waals surface area contributed by atoms with Gasteiger partial charge in [0.05, 0.1) is 5.39 Å². The standard InChI is InChI=1S/C17H15N3O2/c21-15-13-7-4-8-18-16(13)22-17-14(15)10-20(11-19-17)9-12-5-2-1-3-6-12/h1-8,19H,9-11H2/p+1. The summed E-state index contributed by atoms with van der Waals surface area (Å²) in [5.74, 6) is 0.563. The first-order valence-corrected chi connectivity index (χ1v) is 7.33. The van der Waals surface area contributed by atoms with Gasteiger partial charge >= 0.3 is 0 Å². The van der Waals surface area contributed by atoms with E-state index in [-0.39, 0.29) is 5.43 Å². The highest BCUT2D eigenvalue weighted by Crippen LogP contribution is 2.18. The lowest BCUT2D eigenvalue weighted by Gasteiger charge is -2.25. The van der Waals surface area contributed by atoms with Gasteiger partial charge in [0, 0.05) is 11.8 Å². The zero-order valence-corrected chi connectivity index (χ0v) is 12.0. The minimum absolute atomic E-state index is 0.0158. The third-order valence-corrected chi connectivity index (χ3v) is 3.99. The van der Waals surface area contributed by atoms with E-state index in [9.17, 15) is 4.79 Å². The minimum atomic E-state index is 0.0158. The van der Waals surface area contributed by atoms with E-state index in [1.54, 1.807) is 18.3 Å². The van der Waals surface area contributed by atoms with Gasteiger partial charge in [-0.1, -0.05) is 30.3 Å². The molecule has 5 heteroatoms. The predicted octanol–water partition coefficient (Wildman–Crippen LogP) is 1.16. The first kappa shape index (κ1) is 13.0. The summed E-state index contributed by atoms with van der Waals surface area (Å²) in [6.45, 7) is 2.26. The molecule has 1 aliphatic rings. The summed E-state index contributed by atoms with van der Waals surface area (Å²) in [7, 11) is 0. The molecule has 1 atom stereocenters. The first-order valence-electron chi connectivity index (χ1n) is 7.33. The molecule has 0 saturated carbocycles. The van der Waals surface area contributed by atoms with Crippen LogP contribution in [0.2, 0.25) is 0 Å². The van der Waals surface area contributed by atoms with Crippen LogP contribution in [0.15, 0.2) is 57.9 Å². The molecule has 0 amide bonds. The monoisotopic (exact) mass is 294 g/mol.